The van der Waals surface area contributed by atoms with Gasteiger partial charge in [-0.15, -0.1) is 11.8 Å². The van der Waals surface area contributed by atoms with E-state index in [4.69, 9.17) is 11.6 Å². The largest absolute Gasteiger partial charge is 0.259 e. The van der Waals surface area contributed by atoms with Crippen molar-refractivity contribution in [3.8, 4) is 0 Å². The highest BCUT2D eigenvalue weighted by atomic mass is 35.5. The minimum absolute atomic E-state index is 0.708. The molecule has 3 heteroatoms. The summed E-state index contributed by atoms with van der Waals surface area (Å²) in [6.07, 6.45) is 0. The Hall–Kier alpha value is 0.310. The number of hydrogen-bond donors (Lipinski definition) is 0. The van der Waals surface area contributed by atoms with Crippen LogP contribution in [0.4, 0.5) is 0 Å². The number of nitrogens with zero attached hydrogens (tertiary/aromatic N) is 1. The molecular formula is C3H3ClNS. The monoisotopic (exact) mass is 120 g/mol. The second-order valence-electron chi connectivity index (χ2n) is 0.922. The molecule has 0 spiro atoms. The zero-order chi connectivity index (χ0) is 4.41. The molecule has 0 aliphatic carbocycles. The second-order valence-corrected chi connectivity index (χ2v) is 2.19. The fraction of sp³-hybridized carbons (Fsp3) is 0.333. The van der Waals surface area contributed by atoms with Crippen molar-refractivity contribution in [2.45, 2.75) is 0 Å². The molecule has 0 fully saturated rings. The predicted molar refractivity (Wildman–Crippen MR) is 30.0 cm³/mol. The van der Waals surface area contributed by atoms with Gasteiger partial charge in [0.25, 0.3) is 0 Å². The van der Waals surface area contributed by atoms with Crippen molar-refractivity contribution in [1.29, 1.82) is 0 Å². The Balaban J connectivity index is 2.45. The lowest BCUT2D eigenvalue weighted by atomic mass is 10.9. The van der Waals surface area contributed by atoms with Gasteiger partial charge in [-0.2, -0.15) is 0 Å². The van der Waals surface area contributed by atoms with Gasteiger partial charge in [-0.3, -0.25) is 4.99 Å². The van der Waals surface area contributed by atoms with E-state index in [-0.39, 0.29) is 0 Å². The van der Waals surface area contributed by atoms with Crippen LogP contribution in [0.1, 0.15) is 0 Å². The third kappa shape index (κ3) is 0.884. The van der Waals surface area contributed by atoms with E-state index < -0.39 is 0 Å². The summed E-state index contributed by atoms with van der Waals surface area (Å²) in [6.45, 7) is 0. The maximum atomic E-state index is 5.41. The van der Waals surface area contributed by atoms with Gasteiger partial charge in [0.05, 0.1) is 0 Å². The molecular weight excluding hydrogens is 118 g/mol. The average Bonchev–Trinajstić information content (AvgIpc) is 1.86. The van der Waals surface area contributed by atoms with E-state index in [9.17, 15) is 0 Å². The van der Waals surface area contributed by atoms with Crippen LogP contribution in [0.25, 0.3) is 0 Å². The maximum Gasteiger partial charge on any atom is 0.129 e. The summed E-state index contributed by atoms with van der Waals surface area (Å²) in [7, 11) is 0. The fourth-order valence-electron chi connectivity index (χ4n) is 0.238. The van der Waals surface area contributed by atoms with Crippen LogP contribution in [0.2, 0.25) is 0 Å². The molecule has 1 aliphatic heterocycles. The fourth-order valence-corrected chi connectivity index (χ4v) is 1.02. The van der Waals surface area contributed by atoms with Gasteiger partial charge in [0.1, 0.15) is 11.0 Å². The van der Waals surface area contributed by atoms with Crippen LogP contribution >= 0.6 is 23.4 Å². The van der Waals surface area contributed by atoms with Crippen molar-refractivity contribution >= 4 is 28.5 Å². The third-order valence-electron chi connectivity index (χ3n) is 0.470. The van der Waals surface area contributed by atoms with E-state index in [1.807, 2.05) is 0 Å². The van der Waals surface area contributed by atoms with E-state index in [2.05, 4.69) is 4.99 Å². The van der Waals surface area contributed by atoms with Crippen molar-refractivity contribution in [3.63, 3.8) is 0 Å². The molecule has 0 N–H and O–H groups in total. The molecule has 33 valence electrons. The lowest BCUT2D eigenvalue weighted by Crippen LogP contribution is -1.79. The Labute approximate surface area is 45.8 Å². The Morgan fingerprint density at radius 2 is 2.83 bits per heavy atom. The first-order valence-corrected chi connectivity index (χ1v) is 2.98. The molecule has 0 bridgehead atoms. The highest BCUT2D eigenvalue weighted by Gasteiger charge is 2.00. The normalized spacial score (nSPS) is 21.2. The van der Waals surface area contributed by atoms with Crippen LogP contribution in [-0.2, 0) is 0 Å². The SMILES string of the molecule is ClC1=N[CH]SC1. The smallest absolute Gasteiger partial charge is 0.129 e. The molecule has 0 amide bonds. The van der Waals surface area contributed by atoms with Crippen LogP contribution in [0, 0.1) is 5.88 Å². The van der Waals surface area contributed by atoms with Crippen molar-refractivity contribution in [2.75, 3.05) is 5.75 Å². The molecule has 0 aromatic heterocycles. The van der Waals surface area contributed by atoms with E-state index in [0.717, 1.165) is 5.75 Å². The highest BCUT2D eigenvalue weighted by molar-refractivity contribution is 8.02. The molecule has 0 saturated carbocycles. The molecule has 0 atom stereocenters. The van der Waals surface area contributed by atoms with E-state index >= 15 is 0 Å². The van der Waals surface area contributed by atoms with Gasteiger partial charge in [0.15, 0.2) is 0 Å². The number of aliphatic imine (C=N–C) groups is 1. The van der Waals surface area contributed by atoms with Crippen LogP contribution in [0.3, 0.4) is 0 Å². The molecule has 0 aromatic carbocycles. The molecule has 1 rings (SSSR count). The molecule has 1 aliphatic rings. The predicted octanol–water partition coefficient (Wildman–Crippen LogP) is 1.49. The molecule has 0 aromatic rings. The van der Waals surface area contributed by atoms with E-state index in [1.165, 1.54) is 0 Å². The van der Waals surface area contributed by atoms with Gasteiger partial charge >= 0.3 is 0 Å². The summed E-state index contributed by atoms with van der Waals surface area (Å²) in [5.74, 6) is 2.61. The molecule has 0 unspecified atom stereocenters. The Bertz CT molecular complexity index is 80.9. The molecule has 1 heterocycles. The zero-order valence-corrected chi connectivity index (χ0v) is 4.59. The minimum Gasteiger partial charge on any atom is -0.259 e. The first-order valence-electron chi connectivity index (χ1n) is 1.55. The van der Waals surface area contributed by atoms with Crippen LogP contribution in [-0.4, -0.2) is 10.9 Å². The topological polar surface area (TPSA) is 12.4 Å². The molecule has 0 saturated heterocycles. The highest BCUT2D eigenvalue weighted by Crippen LogP contribution is 2.15. The van der Waals surface area contributed by atoms with Gasteiger partial charge in [-0.25, -0.2) is 0 Å². The van der Waals surface area contributed by atoms with Crippen LogP contribution < -0.4 is 0 Å². The van der Waals surface area contributed by atoms with Crippen LogP contribution in [0.5, 0.6) is 0 Å². The third-order valence-corrected chi connectivity index (χ3v) is 1.55. The summed E-state index contributed by atoms with van der Waals surface area (Å²) in [5, 5.41) is 0.708. The van der Waals surface area contributed by atoms with Crippen molar-refractivity contribution in [2.24, 2.45) is 4.99 Å². The summed E-state index contributed by atoms with van der Waals surface area (Å²) >= 11 is 7.03. The van der Waals surface area contributed by atoms with Crippen LogP contribution in [0.15, 0.2) is 4.99 Å². The molecule has 1 nitrogen and oxygen atoms in total. The number of halogens is 1. The minimum atomic E-state index is 0.708. The lowest BCUT2D eigenvalue weighted by molar-refractivity contribution is 1.58. The van der Waals surface area contributed by atoms with E-state index in [0.29, 0.717) is 5.17 Å². The molecule has 1 radical (unpaired) electrons. The average molecular weight is 121 g/mol. The van der Waals surface area contributed by atoms with Crippen molar-refractivity contribution < 1.29 is 0 Å². The number of hydrogen-bond acceptors (Lipinski definition) is 2. The Morgan fingerprint density at radius 3 is 3.00 bits per heavy atom. The number of rotatable bonds is 0. The van der Waals surface area contributed by atoms with Gasteiger partial charge in [-0.1, -0.05) is 11.6 Å². The van der Waals surface area contributed by atoms with Crippen molar-refractivity contribution in [3.05, 3.63) is 5.88 Å². The Morgan fingerprint density at radius 1 is 2.00 bits per heavy atom. The quantitative estimate of drug-likeness (QED) is 0.472. The zero-order valence-electron chi connectivity index (χ0n) is 3.02. The van der Waals surface area contributed by atoms with Crippen molar-refractivity contribution in [1.82, 2.24) is 0 Å². The lowest BCUT2D eigenvalue weighted by Gasteiger charge is -1.72. The summed E-state index contributed by atoms with van der Waals surface area (Å²) < 4.78 is 0. The first kappa shape index (κ1) is 4.47. The summed E-state index contributed by atoms with van der Waals surface area (Å²) in [5.41, 5.74) is 0. The van der Waals surface area contributed by atoms with Gasteiger partial charge in [0.2, 0.25) is 0 Å². The second kappa shape index (κ2) is 1.85. The van der Waals surface area contributed by atoms with Gasteiger partial charge < -0.3 is 0 Å². The maximum absolute atomic E-state index is 5.41. The van der Waals surface area contributed by atoms with Gasteiger partial charge in [-0.05, 0) is 0 Å². The van der Waals surface area contributed by atoms with E-state index in [1.54, 1.807) is 17.6 Å². The first-order chi connectivity index (χ1) is 2.89. The van der Waals surface area contributed by atoms with Gasteiger partial charge in [0, 0.05) is 5.75 Å². The Kier molecular flexibility index (Phi) is 1.37. The molecule has 6 heavy (non-hydrogen) atoms. The standard InChI is InChI=1S/C3H3ClNS/c4-3-1-6-2-5-3/h2H,1H2. The summed E-state index contributed by atoms with van der Waals surface area (Å²) in [4.78, 5) is 3.76. The number of thioether (sulfide) groups is 1. The summed E-state index contributed by atoms with van der Waals surface area (Å²) in [6, 6.07) is 0.